The summed E-state index contributed by atoms with van der Waals surface area (Å²) in [5.41, 5.74) is -0.711. The molecule has 2 nitrogen and oxygen atoms in total. The summed E-state index contributed by atoms with van der Waals surface area (Å²) in [4.78, 5) is 0. The highest BCUT2D eigenvalue weighted by Gasteiger charge is 2.45. The van der Waals surface area contributed by atoms with E-state index in [0.29, 0.717) is 0 Å². The molecule has 13 heavy (non-hydrogen) atoms. The van der Waals surface area contributed by atoms with Crippen molar-refractivity contribution in [1.29, 1.82) is 10.5 Å². The van der Waals surface area contributed by atoms with Crippen LogP contribution in [-0.2, 0) is 0 Å². The quantitative estimate of drug-likeness (QED) is 0.614. The molecule has 2 atom stereocenters. The van der Waals surface area contributed by atoms with Crippen molar-refractivity contribution in [1.82, 2.24) is 0 Å². The van der Waals surface area contributed by atoms with Crippen LogP contribution >= 0.6 is 15.9 Å². The van der Waals surface area contributed by atoms with Gasteiger partial charge in [-0.25, -0.2) is 8.78 Å². The van der Waals surface area contributed by atoms with Gasteiger partial charge >= 0.3 is 0 Å². The predicted octanol–water partition coefficient (Wildman–Crippen LogP) is 2.30. The first kappa shape index (κ1) is 9.88. The van der Waals surface area contributed by atoms with Crippen molar-refractivity contribution < 1.29 is 8.78 Å². The molecule has 1 aliphatic carbocycles. The van der Waals surface area contributed by atoms with Gasteiger partial charge in [0.05, 0.1) is 23.3 Å². The zero-order valence-electron chi connectivity index (χ0n) is 6.26. The van der Waals surface area contributed by atoms with E-state index in [2.05, 4.69) is 15.9 Å². The average Bonchev–Trinajstić information content (AvgIpc) is 2.09. The molecule has 1 rings (SSSR count). The maximum absolute atomic E-state index is 13.4. The molecule has 0 saturated heterocycles. The summed E-state index contributed by atoms with van der Waals surface area (Å²) >= 11 is 2.44. The molecule has 0 bridgehead atoms. The molecule has 0 aliphatic heterocycles. The molecule has 5 heteroatoms. The topological polar surface area (TPSA) is 47.6 Å². The molecule has 0 saturated carbocycles. The Kier molecular flexibility index (Phi) is 2.49. The Balaban J connectivity index is 3.21. The van der Waals surface area contributed by atoms with E-state index in [4.69, 9.17) is 10.5 Å². The first-order chi connectivity index (χ1) is 6.04. The van der Waals surface area contributed by atoms with E-state index in [1.807, 2.05) is 0 Å². The first-order valence-electron chi connectivity index (χ1n) is 3.28. The highest BCUT2D eigenvalue weighted by atomic mass is 79.9. The van der Waals surface area contributed by atoms with Gasteiger partial charge in [-0.3, -0.25) is 0 Å². The second kappa shape index (κ2) is 3.27. The Hall–Kier alpha value is -1.20. The summed E-state index contributed by atoms with van der Waals surface area (Å²) in [6.07, 6.45) is 0.0586. The van der Waals surface area contributed by atoms with E-state index >= 15 is 0 Å². The first-order valence-corrected chi connectivity index (χ1v) is 4.07. The Morgan fingerprint density at radius 3 is 2.46 bits per heavy atom. The van der Waals surface area contributed by atoms with E-state index in [1.54, 1.807) is 0 Å². The fourth-order valence-electron chi connectivity index (χ4n) is 0.906. The van der Waals surface area contributed by atoms with Crippen molar-refractivity contribution in [3.63, 3.8) is 0 Å². The zero-order valence-corrected chi connectivity index (χ0v) is 7.85. The summed E-state index contributed by atoms with van der Waals surface area (Å²) in [5.74, 6) is 0. The van der Waals surface area contributed by atoms with Crippen LogP contribution in [0.4, 0.5) is 8.78 Å². The van der Waals surface area contributed by atoms with Crippen LogP contribution in [0.5, 0.6) is 0 Å². The minimum Gasteiger partial charge on any atom is -0.236 e. The molecule has 0 aromatic carbocycles. The summed E-state index contributed by atoms with van der Waals surface area (Å²) < 4.78 is 24.0. The van der Waals surface area contributed by atoms with Crippen LogP contribution in [-0.4, -0.2) is 10.7 Å². The van der Waals surface area contributed by atoms with Crippen LogP contribution in [0, 0.1) is 22.7 Å². The Morgan fingerprint density at radius 2 is 2.00 bits per heavy atom. The Labute approximate surface area is 81.9 Å². The second-order valence-corrected chi connectivity index (χ2v) is 3.57. The number of halogens is 3. The SMILES string of the molecule is N#CC1=CC=C(C#N)C(F)(Br)C1F. The minimum absolute atomic E-state index is 0.335. The van der Waals surface area contributed by atoms with Crippen LogP contribution in [0.2, 0.25) is 0 Å². The van der Waals surface area contributed by atoms with E-state index in [9.17, 15) is 8.78 Å². The molecule has 0 N–H and O–H groups in total. The van der Waals surface area contributed by atoms with E-state index < -0.39 is 10.7 Å². The van der Waals surface area contributed by atoms with Crippen molar-refractivity contribution in [2.24, 2.45) is 0 Å². The van der Waals surface area contributed by atoms with Gasteiger partial charge in [0.2, 0.25) is 4.58 Å². The molecule has 0 aromatic rings. The Morgan fingerprint density at radius 1 is 1.38 bits per heavy atom. The minimum atomic E-state index is -2.57. The van der Waals surface area contributed by atoms with Crippen molar-refractivity contribution in [3.05, 3.63) is 23.3 Å². The van der Waals surface area contributed by atoms with Crippen LogP contribution in [0.15, 0.2) is 23.3 Å². The number of nitriles is 2. The van der Waals surface area contributed by atoms with Crippen LogP contribution in [0.1, 0.15) is 0 Å². The standard InChI is InChI=1S/C8H3BrF2N2/c9-8(11)6(4-13)2-1-5(3-12)7(8)10/h1-2,7H. The molecule has 0 aromatic heterocycles. The zero-order chi connectivity index (χ0) is 10.1. The lowest BCUT2D eigenvalue weighted by molar-refractivity contribution is 0.207. The number of allylic oxidation sites excluding steroid dienone is 4. The molecular formula is C8H3BrF2N2. The fraction of sp³-hybridized carbons (Fsp3) is 0.250. The second-order valence-electron chi connectivity index (χ2n) is 2.41. The van der Waals surface area contributed by atoms with Gasteiger partial charge in [0, 0.05) is 0 Å². The van der Waals surface area contributed by atoms with Crippen LogP contribution in [0.3, 0.4) is 0 Å². The molecule has 0 radical (unpaired) electrons. The third kappa shape index (κ3) is 1.48. The van der Waals surface area contributed by atoms with Gasteiger partial charge < -0.3 is 0 Å². The van der Waals surface area contributed by atoms with Gasteiger partial charge in [0.1, 0.15) is 0 Å². The lowest BCUT2D eigenvalue weighted by Crippen LogP contribution is -2.33. The average molecular weight is 245 g/mol. The Bertz CT molecular complexity index is 371. The molecule has 0 amide bonds. The van der Waals surface area contributed by atoms with E-state index in [-0.39, 0.29) is 11.1 Å². The van der Waals surface area contributed by atoms with Gasteiger partial charge in [-0.2, -0.15) is 10.5 Å². The largest absolute Gasteiger partial charge is 0.236 e. The fourth-order valence-corrected chi connectivity index (χ4v) is 1.37. The normalized spacial score (nSPS) is 32.5. The van der Waals surface area contributed by atoms with E-state index in [0.717, 1.165) is 12.2 Å². The number of hydrogen-bond donors (Lipinski definition) is 0. The number of rotatable bonds is 0. The van der Waals surface area contributed by atoms with Gasteiger partial charge in [0.25, 0.3) is 0 Å². The molecule has 2 unspecified atom stereocenters. The van der Waals surface area contributed by atoms with Crippen LogP contribution < -0.4 is 0 Å². The lowest BCUT2D eigenvalue weighted by Gasteiger charge is -2.23. The number of nitrogens with zero attached hydrogens (tertiary/aromatic N) is 2. The highest BCUT2D eigenvalue weighted by Crippen LogP contribution is 2.40. The van der Waals surface area contributed by atoms with Crippen molar-refractivity contribution in [3.8, 4) is 12.1 Å². The van der Waals surface area contributed by atoms with Gasteiger partial charge in [0.15, 0.2) is 6.17 Å². The smallest absolute Gasteiger partial charge is 0.235 e. The number of alkyl halides is 3. The maximum Gasteiger partial charge on any atom is 0.235 e. The molecular weight excluding hydrogens is 242 g/mol. The molecule has 66 valence electrons. The third-order valence-corrected chi connectivity index (χ3v) is 2.46. The molecule has 0 heterocycles. The van der Waals surface area contributed by atoms with Crippen molar-refractivity contribution in [2.45, 2.75) is 10.7 Å². The monoisotopic (exact) mass is 244 g/mol. The summed E-state index contributed by atoms with van der Waals surface area (Å²) in [6, 6.07) is 3.03. The van der Waals surface area contributed by atoms with E-state index in [1.165, 1.54) is 12.1 Å². The van der Waals surface area contributed by atoms with Gasteiger partial charge in [-0.1, -0.05) is 0 Å². The maximum atomic E-state index is 13.4. The summed E-state index contributed by atoms with van der Waals surface area (Å²) in [6.45, 7) is 0. The predicted molar refractivity (Wildman–Crippen MR) is 45.1 cm³/mol. The van der Waals surface area contributed by atoms with Gasteiger partial charge in [-0.05, 0) is 28.1 Å². The van der Waals surface area contributed by atoms with Crippen molar-refractivity contribution >= 4 is 15.9 Å². The molecule has 1 aliphatic rings. The van der Waals surface area contributed by atoms with Gasteiger partial charge in [-0.15, -0.1) is 0 Å². The van der Waals surface area contributed by atoms with Crippen molar-refractivity contribution in [2.75, 3.05) is 0 Å². The number of hydrogen-bond acceptors (Lipinski definition) is 2. The third-order valence-electron chi connectivity index (χ3n) is 1.63. The lowest BCUT2D eigenvalue weighted by atomic mass is 9.96. The molecule has 0 spiro atoms. The van der Waals surface area contributed by atoms with Crippen LogP contribution in [0.25, 0.3) is 0 Å². The summed E-state index contributed by atoms with van der Waals surface area (Å²) in [7, 11) is 0. The molecule has 0 fully saturated rings. The highest BCUT2D eigenvalue weighted by molar-refractivity contribution is 9.10. The summed E-state index contributed by atoms with van der Waals surface area (Å²) in [5, 5.41) is 16.8.